The molecule has 0 amide bonds. The van der Waals surface area contributed by atoms with E-state index in [2.05, 4.69) is 16.2 Å². The summed E-state index contributed by atoms with van der Waals surface area (Å²) < 4.78 is 27.7. The Bertz CT molecular complexity index is 520. The van der Waals surface area contributed by atoms with Crippen molar-refractivity contribution in [3.63, 3.8) is 0 Å². The zero-order valence-corrected chi connectivity index (χ0v) is 12.4. The van der Waals surface area contributed by atoms with E-state index < -0.39 is 9.84 Å². The van der Waals surface area contributed by atoms with E-state index >= 15 is 0 Å². The molecule has 1 aromatic heterocycles. The van der Waals surface area contributed by atoms with E-state index in [1.54, 1.807) is 0 Å². The molecule has 1 aromatic rings. The van der Waals surface area contributed by atoms with Gasteiger partial charge >= 0.3 is 0 Å². The van der Waals surface area contributed by atoms with Crippen LogP contribution < -0.4 is 10.6 Å². The molecule has 0 aliphatic heterocycles. The molecule has 0 aromatic carbocycles. The molecular weight excluding hydrogens is 270 g/mol. The first-order valence-corrected chi connectivity index (χ1v) is 8.83. The fourth-order valence-corrected chi connectivity index (χ4v) is 4.27. The van der Waals surface area contributed by atoms with Crippen LogP contribution in [0.5, 0.6) is 0 Å². The summed E-state index contributed by atoms with van der Waals surface area (Å²) in [6.45, 7) is 3.01. The maximum absolute atomic E-state index is 11.8. The summed E-state index contributed by atoms with van der Waals surface area (Å²) >= 11 is 1.20. The molecule has 2 rings (SSSR count). The van der Waals surface area contributed by atoms with Crippen molar-refractivity contribution in [2.45, 2.75) is 43.5 Å². The van der Waals surface area contributed by atoms with Crippen molar-refractivity contribution >= 4 is 32.2 Å². The average molecular weight is 289 g/mol. The van der Waals surface area contributed by atoms with Crippen LogP contribution in [0.25, 0.3) is 0 Å². The summed E-state index contributed by atoms with van der Waals surface area (Å²) in [5.41, 5.74) is 5.71. The van der Waals surface area contributed by atoms with Crippen LogP contribution in [-0.2, 0) is 9.84 Å². The van der Waals surface area contributed by atoms with E-state index in [9.17, 15) is 8.42 Å². The molecule has 0 spiro atoms. The van der Waals surface area contributed by atoms with E-state index in [1.165, 1.54) is 17.8 Å². The first kappa shape index (κ1) is 13.6. The number of rotatable bonds is 6. The van der Waals surface area contributed by atoms with E-state index in [0.717, 1.165) is 37.2 Å². The first-order chi connectivity index (χ1) is 8.45. The number of nitrogens with zero attached hydrogens (tertiary/aromatic N) is 2. The molecule has 5 nitrogen and oxygen atoms in total. The normalized spacial score (nSPS) is 15.9. The van der Waals surface area contributed by atoms with Crippen LogP contribution in [0.15, 0.2) is 4.90 Å². The summed E-state index contributed by atoms with van der Waals surface area (Å²) in [4.78, 5) is 2.39. The largest absolute Gasteiger partial charge is 0.382 e. The van der Waals surface area contributed by atoms with Crippen LogP contribution in [0, 0.1) is 0 Å². The molecular formula is C11H19N3O2S2. The highest BCUT2D eigenvalue weighted by atomic mass is 32.2. The monoisotopic (exact) mass is 289 g/mol. The molecule has 7 heteroatoms. The Morgan fingerprint density at radius 1 is 1.50 bits per heavy atom. The molecule has 1 fully saturated rings. The van der Waals surface area contributed by atoms with Gasteiger partial charge in [0.2, 0.25) is 0 Å². The summed E-state index contributed by atoms with van der Waals surface area (Å²) in [6.07, 6.45) is 5.60. The van der Waals surface area contributed by atoms with Gasteiger partial charge in [0.25, 0.3) is 0 Å². The third-order valence-corrected chi connectivity index (χ3v) is 5.20. The van der Waals surface area contributed by atoms with Gasteiger partial charge in [-0.05, 0) is 30.8 Å². The number of nitrogen functional groups attached to an aromatic ring is 1. The van der Waals surface area contributed by atoms with Crippen molar-refractivity contribution in [2.75, 3.05) is 23.4 Å². The molecule has 0 saturated heterocycles. The zero-order chi connectivity index (χ0) is 13.3. The van der Waals surface area contributed by atoms with Gasteiger partial charge in [0, 0.05) is 18.8 Å². The van der Waals surface area contributed by atoms with Crippen molar-refractivity contribution in [1.29, 1.82) is 0 Å². The van der Waals surface area contributed by atoms with E-state index in [4.69, 9.17) is 5.73 Å². The van der Waals surface area contributed by atoms with Gasteiger partial charge in [-0.3, -0.25) is 0 Å². The van der Waals surface area contributed by atoms with Crippen LogP contribution in [-0.4, -0.2) is 31.6 Å². The molecule has 2 N–H and O–H groups in total. The molecule has 1 heterocycles. The molecule has 0 atom stereocenters. The van der Waals surface area contributed by atoms with Gasteiger partial charge in [-0.1, -0.05) is 13.3 Å². The van der Waals surface area contributed by atoms with Crippen LogP contribution in [0.4, 0.5) is 10.8 Å². The molecule has 102 valence electrons. The van der Waals surface area contributed by atoms with Crippen molar-refractivity contribution in [3.8, 4) is 0 Å². The van der Waals surface area contributed by atoms with E-state index in [1.807, 2.05) is 0 Å². The lowest BCUT2D eigenvalue weighted by atomic mass is 10.3. The van der Waals surface area contributed by atoms with Gasteiger partial charge in [0.05, 0.1) is 0 Å². The number of sulfone groups is 1. The summed E-state index contributed by atoms with van der Waals surface area (Å²) in [5.74, 6) is 0.139. The lowest BCUT2D eigenvalue weighted by Crippen LogP contribution is -2.27. The Morgan fingerprint density at radius 3 is 2.67 bits per heavy atom. The van der Waals surface area contributed by atoms with Crippen LogP contribution >= 0.6 is 11.5 Å². The topological polar surface area (TPSA) is 76.3 Å². The predicted molar refractivity (Wildman–Crippen MR) is 74.9 cm³/mol. The first-order valence-electron chi connectivity index (χ1n) is 6.17. The highest BCUT2D eigenvalue weighted by Crippen LogP contribution is 2.40. The third-order valence-electron chi connectivity index (χ3n) is 3.03. The number of aromatic nitrogens is 1. The second-order valence-electron chi connectivity index (χ2n) is 4.75. The van der Waals surface area contributed by atoms with E-state index in [0.29, 0.717) is 6.04 Å². The number of nitrogens with two attached hydrogens (primary N) is 1. The Kier molecular flexibility index (Phi) is 3.82. The SMILES string of the molecule is CCCCN(c1snc(N)c1S(C)(=O)=O)C1CC1. The lowest BCUT2D eigenvalue weighted by molar-refractivity contribution is 0.601. The number of unbranched alkanes of at least 4 members (excludes halogenated alkanes) is 1. The second kappa shape index (κ2) is 5.05. The Hall–Kier alpha value is -0.820. The minimum atomic E-state index is -3.32. The molecule has 0 radical (unpaired) electrons. The summed E-state index contributed by atoms with van der Waals surface area (Å²) in [7, 11) is -3.32. The van der Waals surface area contributed by atoms with Crippen molar-refractivity contribution in [3.05, 3.63) is 0 Å². The smallest absolute Gasteiger partial charge is 0.182 e. The Balaban J connectivity index is 2.36. The number of anilines is 2. The lowest BCUT2D eigenvalue weighted by Gasteiger charge is -2.23. The summed E-state index contributed by atoms with van der Waals surface area (Å²) in [6, 6.07) is 0.469. The molecule has 18 heavy (non-hydrogen) atoms. The van der Waals surface area contributed by atoms with Crippen LogP contribution in [0.1, 0.15) is 32.6 Å². The second-order valence-corrected chi connectivity index (χ2v) is 7.46. The third kappa shape index (κ3) is 2.77. The maximum Gasteiger partial charge on any atom is 0.182 e. The van der Waals surface area contributed by atoms with E-state index in [-0.39, 0.29) is 10.7 Å². The van der Waals surface area contributed by atoms with Gasteiger partial charge in [-0.25, -0.2) is 8.42 Å². The molecule has 0 unspecified atom stereocenters. The zero-order valence-electron chi connectivity index (χ0n) is 10.7. The van der Waals surface area contributed by atoms with Crippen molar-refractivity contribution in [2.24, 2.45) is 0 Å². The van der Waals surface area contributed by atoms with Gasteiger partial charge in [-0.15, -0.1) is 0 Å². The minimum absolute atomic E-state index is 0.139. The van der Waals surface area contributed by atoms with Crippen molar-refractivity contribution in [1.82, 2.24) is 4.37 Å². The fourth-order valence-electron chi connectivity index (χ4n) is 1.98. The Labute approximate surface area is 112 Å². The standard InChI is InChI=1S/C11H19N3O2S2/c1-3-4-7-14(8-5-6-8)11-9(18(2,15)16)10(12)13-17-11/h8H,3-7H2,1-2H3,(H2,12,13). The quantitative estimate of drug-likeness (QED) is 0.865. The minimum Gasteiger partial charge on any atom is -0.382 e. The van der Waals surface area contributed by atoms with Gasteiger partial charge < -0.3 is 10.6 Å². The van der Waals surface area contributed by atoms with Crippen molar-refractivity contribution < 1.29 is 8.42 Å². The highest BCUT2D eigenvalue weighted by molar-refractivity contribution is 7.91. The van der Waals surface area contributed by atoms with Crippen LogP contribution in [0.2, 0.25) is 0 Å². The molecule has 0 bridgehead atoms. The number of hydrogen-bond acceptors (Lipinski definition) is 6. The summed E-state index contributed by atoms with van der Waals surface area (Å²) in [5, 5.41) is 0.728. The number of hydrogen-bond donors (Lipinski definition) is 1. The Morgan fingerprint density at radius 2 is 2.17 bits per heavy atom. The van der Waals surface area contributed by atoms with Gasteiger partial charge in [0.1, 0.15) is 9.90 Å². The highest BCUT2D eigenvalue weighted by Gasteiger charge is 2.34. The maximum atomic E-state index is 11.8. The van der Waals surface area contributed by atoms with Gasteiger partial charge in [0.15, 0.2) is 15.7 Å². The average Bonchev–Trinajstić information content (AvgIpc) is 3.01. The molecule has 1 saturated carbocycles. The molecule has 1 aliphatic carbocycles. The molecule has 1 aliphatic rings. The predicted octanol–water partition coefficient (Wildman–Crippen LogP) is 1.90. The van der Waals surface area contributed by atoms with Crippen LogP contribution in [0.3, 0.4) is 0 Å². The fraction of sp³-hybridized carbons (Fsp3) is 0.727. The van der Waals surface area contributed by atoms with Gasteiger partial charge in [-0.2, -0.15) is 4.37 Å².